The van der Waals surface area contributed by atoms with Crippen LogP contribution in [0.15, 0.2) is 16.9 Å². The highest BCUT2D eigenvalue weighted by Crippen LogP contribution is 2.36. The van der Waals surface area contributed by atoms with E-state index in [1.54, 1.807) is 0 Å². The SMILES string of the molecule is O=c1[nH]c(OCC(F)(F)F)nc2c(-c3cc(F)c(F)c(F)c3)c(C3CCCOC3)nn12. The number of fused-ring (bicyclic) bond motifs is 1. The van der Waals surface area contributed by atoms with Crippen LogP contribution in [0.1, 0.15) is 24.5 Å². The van der Waals surface area contributed by atoms with Crippen molar-refractivity contribution < 1.29 is 35.8 Å². The van der Waals surface area contributed by atoms with E-state index in [0.717, 1.165) is 4.52 Å². The molecule has 0 radical (unpaired) electrons. The Morgan fingerprint density at radius 3 is 2.55 bits per heavy atom. The molecule has 7 nitrogen and oxygen atoms in total. The molecule has 1 aromatic carbocycles. The number of H-pyrrole nitrogens is 1. The van der Waals surface area contributed by atoms with E-state index in [1.807, 2.05) is 4.98 Å². The molecule has 3 aromatic rings. The maximum Gasteiger partial charge on any atom is 0.422 e. The maximum absolute atomic E-state index is 13.9. The molecule has 0 spiro atoms. The van der Waals surface area contributed by atoms with Gasteiger partial charge in [-0.3, -0.25) is 4.98 Å². The largest absolute Gasteiger partial charge is 0.455 e. The van der Waals surface area contributed by atoms with Gasteiger partial charge in [0.15, 0.2) is 29.7 Å². The number of nitrogens with one attached hydrogen (secondary N) is 1. The minimum atomic E-state index is -4.69. The average Bonchev–Trinajstić information content (AvgIpc) is 3.10. The van der Waals surface area contributed by atoms with Crippen LogP contribution in [0.25, 0.3) is 16.8 Å². The first-order valence-corrected chi connectivity index (χ1v) is 9.09. The van der Waals surface area contributed by atoms with E-state index in [1.165, 1.54) is 0 Å². The number of alkyl halides is 3. The Morgan fingerprint density at radius 2 is 1.94 bits per heavy atom. The standard InChI is InChI=1S/C18H14F6N4O3/c19-10-4-9(5-11(20)13(10)21)12-14(8-2-1-3-30-6-8)27-28-15(12)25-16(26-17(28)29)31-7-18(22,23)24/h4-5,8H,1-3,6-7H2,(H,25,26,29). The van der Waals surface area contributed by atoms with Crippen molar-refractivity contribution in [1.29, 1.82) is 0 Å². The van der Waals surface area contributed by atoms with Gasteiger partial charge in [0.2, 0.25) is 0 Å². The first-order chi connectivity index (χ1) is 14.6. The fourth-order valence-corrected chi connectivity index (χ4v) is 3.38. The second kappa shape index (κ2) is 7.87. The lowest BCUT2D eigenvalue weighted by molar-refractivity contribution is -0.154. The van der Waals surface area contributed by atoms with E-state index >= 15 is 0 Å². The number of hydrogen-bond donors (Lipinski definition) is 1. The highest BCUT2D eigenvalue weighted by atomic mass is 19.4. The lowest BCUT2D eigenvalue weighted by atomic mass is 9.92. The number of ether oxygens (including phenoxy) is 2. The molecule has 2 aromatic heterocycles. The molecule has 166 valence electrons. The van der Waals surface area contributed by atoms with Crippen molar-refractivity contribution >= 4 is 5.65 Å². The van der Waals surface area contributed by atoms with Crippen molar-refractivity contribution in [3.05, 3.63) is 45.8 Å². The van der Waals surface area contributed by atoms with Crippen LogP contribution in [0.3, 0.4) is 0 Å². The molecule has 0 bridgehead atoms. The molecule has 1 fully saturated rings. The Morgan fingerprint density at radius 1 is 1.23 bits per heavy atom. The summed E-state index contributed by atoms with van der Waals surface area (Å²) in [5.41, 5.74) is -1.31. The van der Waals surface area contributed by atoms with Crippen molar-refractivity contribution in [2.75, 3.05) is 19.8 Å². The Balaban J connectivity index is 1.93. The summed E-state index contributed by atoms with van der Waals surface area (Å²) < 4.78 is 89.4. The van der Waals surface area contributed by atoms with Gasteiger partial charge in [-0.2, -0.15) is 27.8 Å². The van der Waals surface area contributed by atoms with Gasteiger partial charge in [-0.1, -0.05) is 0 Å². The topological polar surface area (TPSA) is 81.5 Å². The summed E-state index contributed by atoms with van der Waals surface area (Å²) in [5, 5.41) is 4.16. The predicted molar refractivity (Wildman–Crippen MR) is 93.3 cm³/mol. The molecule has 1 saturated heterocycles. The lowest BCUT2D eigenvalue weighted by Gasteiger charge is -2.21. The normalized spacial score (nSPS) is 17.3. The summed E-state index contributed by atoms with van der Waals surface area (Å²) in [6, 6.07) is 0.633. The zero-order chi connectivity index (χ0) is 22.3. The fraction of sp³-hybridized carbons (Fsp3) is 0.389. The second-order valence-corrected chi connectivity index (χ2v) is 6.91. The van der Waals surface area contributed by atoms with E-state index in [4.69, 9.17) is 4.74 Å². The summed E-state index contributed by atoms with van der Waals surface area (Å²) >= 11 is 0. The third-order valence-electron chi connectivity index (χ3n) is 4.69. The van der Waals surface area contributed by atoms with Crippen molar-refractivity contribution in [2.45, 2.75) is 24.9 Å². The molecule has 1 aliphatic heterocycles. The molecule has 13 heteroatoms. The zero-order valence-electron chi connectivity index (χ0n) is 15.6. The number of rotatable bonds is 4. The van der Waals surface area contributed by atoms with Crippen molar-refractivity contribution in [2.24, 2.45) is 0 Å². The van der Waals surface area contributed by atoms with Crippen LogP contribution in [0.4, 0.5) is 26.3 Å². The molecule has 1 aliphatic rings. The Bertz CT molecular complexity index is 1160. The Kier molecular flexibility index (Phi) is 5.37. The van der Waals surface area contributed by atoms with Crippen molar-refractivity contribution in [3.63, 3.8) is 0 Å². The molecule has 31 heavy (non-hydrogen) atoms. The first kappa shape index (κ1) is 21.2. The first-order valence-electron chi connectivity index (χ1n) is 9.09. The van der Waals surface area contributed by atoms with E-state index in [9.17, 15) is 31.1 Å². The highest BCUT2D eigenvalue weighted by Gasteiger charge is 2.31. The molecule has 0 amide bonds. The quantitative estimate of drug-likeness (QED) is 0.489. The van der Waals surface area contributed by atoms with Gasteiger partial charge in [-0.15, -0.1) is 0 Å². The van der Waals surface area contributed by atoms with Gasteiger partial charge in [-0.25, -0.2) is 18.0 Å². The van der Waals surface area contributed by atoms with Gasteiger partial charge in [0.1, 0.15) is 0 Å². The minimum absolute atomic E-state index is 0.0312. The molecular formula is C18H14F6N4O3. The minimum Gasteiger partial charge on any atom is -0.455 e. The summed E-state index contributed by atoms with van der Waals surface area (Å²) in [4.78, 5) is 18.3. The van der Waals surface area contributed by atoms with Crippen LogP contribution in [0.5, 0.6) is 6.01 Å². The average molecular weight is 448 g/mol. The van der Waals surface area contributed by atoms with Crippen LogP contribution in [0, 0.1) is 17.5 Å². The van der Waals surface area contributed by atoms with Gasteiger partial charge in [0.05, 0.1) is 17.9 Å². The van der Waals surface area contributed by atoms with Gasteiger partial charge in [0.25, 0.3) is 6.01 Å². The predicted octanol–water partition coefficient (Wildman–Crippen LogP) is 3.34. The second-order valence-electron chi connectivity index (χ2n) is 6.91. The van der Waals surface area contributed by atoms with Crippen molar-refractivity contribution in [3.8, 4) is 17.1 Å². The molecule has 0 saturated carbocycles. The van der Waals surface area contributed by atoms with Crippen LogP contribution in [-0.2, 0) is 4.74 Å². The lowest BCUT2D eigenvalue weighted by Crippen LogP contribution is -2.24. The Hall–Kier alpha value is -3.09. The Labute approximate surface area is 169 Å². The van der Waals surface area contributed by atoms with E-state index in [-0.39, 0.29) is 35.0 Å². The number of hydrogen-bond acceptors (Lipinski definition) is 5. The smallest absolute Gasteiger partial charge is 0.422 e. The number of aromatic nitrogens is 4. The number of benzene rings is 1. The highest BCUT2D eigenvalue weighted by molar-refractivity contribution is 5.80. The van der Waals surface area contributed by atoms with Crippen LogP contribution in [-0.4, -0.2) is 45.6 Å². The molecule has 3 heterocycles. The van der Waals surface area contributed by atoms with Gasteiger partial charge in [-0.05, 0) is 30.5 Å². The summed E-state index contributed by atoms with van der Waals surface area (Å²) in [6.45, 7) is -1.04. The summed E-state index contributed by atoms with van der Waals surface area (Å²) in [7, 11) is 0. The van der Waals surface area contributed by atoms with E-state index in [2.05, 4.69) is 14.8 Å². The molecule has 0 aliphatic carbocycles. The molecule has 1 N–H and O–H groups in total. The van der Waals surface area contributed by atoms with Crippen molar-refractivity contribution in [1.82, 2.24) is 19.6 Å². The maximum atomic E-state index is 13.9. The van der Waals surface area contributed by atoms with Gasteiger partial charge in [0, 0.05) is 12.5 Å². The summed E-state index contributed by atoms with van der Waals surface area (Å²) in [6.07, 6.45) is -3.48. The third kappa shape index (κ3) is 4.22. The van der Waals surface area contributed by atoms with Gasteiger partial charge < -0.3 is 9.47 Å². The van der Waals surface area contributed by atoms with Gasteiger partial charge >= 0.3 is 11.9 Å². The van der Waals surface area contributed by atoms with Crippen LogP contribution < -0.4 is 10.4 Å². The number of aromatic amines is 1. The molecule has 4 rings (SSSR count). The van der Waals surface area contributed by atoms with Crippen LogP contribution >= 0.6 is 0 Å². The van der Waals surface area contributed by atoms with E-state index < -0.39 is 41.9 Å². The monoisotopic (exact) mass is 448 g/mol. The van der Waals surface area contributed by atoms with Crippen LogP contribution in [0.2, 0.25) is 0 Å². The molecule has 1 atom stereocenters. The third-order valence-corrected chi connectivity index (χ3v) is 4.69. The number of nitrogens with zero attached hydrogens (tertiary/aromatic N) is 3. The summed E-state index contributed by atoms with van der Waals surface area (Å²) in [5.74, 6) is -5.06. The van der Waals surface area contributed by atoms with E-state index in [0.29, 0.717) is 31.6 Å². The molecule has 1 unspecified atom stereocenters. The fourth-order valence-electron chi connectivity index (χ4n) is 3.38. The zero-order valence-corrected chi connectivity index (χ0v) is 15.6. The molecular weight excluding hydrogens is 434 g/mol. The number of halogens is 6.